The largest absolute Gasteiger partial charge is 0.393 e. The van der Waals surface area contributed by atoms with Crippen molar-refractivity contribution in [2.75, 3.05) is 6.54 Å². The van der Waals surface area contributed by atoms with E-state index in [1.807, 2.05) is 0 Å². The zero-order valence-corrected chi connectivity index (χ0v) is 12.3. The van der Waals surface area contributed by atoms with Crippen LogP contribution in [0.3, 0.4) is 0 Å². The average Bonchev–Trinajstić information content (AvgIpc) is 2.20. The van der Waals surface area contributed by atoms with Gasteiger partial charge in [-0.3, -0.25) is 0 Å². The van der Waals surface area contributed by atoms with Crippen molar-refractivity contribution in [1.29, 1.82) is 0 Å². The fraction of sp³-hybridized carbons (Fsp3) is 0.400. The predicted octanol–water partition coefficient (Wildman–Crippen LogP) is 2.15. The number of hydrogen-bond donors (Lipinski definition) is 2. The van der Waals surface area contributed by atoms with Gasteiger partial charge in [0.05, 0.1) is 11.1 Å². The molecule has 0 aromatic heterocycles. The molecule has 4 nitrogen and oxygen atoms in total. The molecule has 96 valence electrons. The summed E-state index contributed by atoms with van der Waals surface area (Å²) in [5.41, 5.74) is 0. The summed E-state index contributed by atoms with van der Waals surface area (Å²) >= 11 is 9.02. The van der Waals surface area contributed by atoms with Crippen molar-refractivity contribution < 1.29 is 13.5 Å². The Kier molecular flexibility index (Phi) is 5.40. The Balaban J connectivity index is 2.86. The molecule has 0 fully saturated rings. The zero-order chi connectivity index (χ0) is 13.1. The van der Waals surface area contributed by atoms with Gasteiger partial charge in [0.1, 0.15) is 4.90 Å². The van der Waals surface area contributed by atoms with Crippen LogP contribution >= 0.6 is 27.5 Å². The first-order valence-electron chi connectivity index (χ1n) is 4.95. The molecule has 0 aliphatic carbocycles. The van der Waals surface area contributed by atoms with Crippen molar-refractivity contribution in [3.63, 3.8) is 0 Å². The molecule has 0 amide bonds. The Labute approximate surface area is 114 Å². The molecule has 1 aromatic rings. The maximum atomic E-state index is 11.9. The lowest BCUT2D eigenvalue weighted by Crippen LogP contribution is -2.27. The van der Waals surface area contributed by atoms with Crippen molar-refractivity contribution in [1.82, 2.24) is 4.72 Å². The lowest BCUT2D eigenvalue weighted by atomic mass is 10.3. The molecule has 0 bridgehead atoms. The van der Waals surface area contributed by atoms with Crippen molar-refractivity contribution in [2.24, 2.45) is 0 Å². The van der Waals surface area contributed by atoms with E-state index >= 15 is 0 Å². The third kappa shape index (κ3) is 4.56. The molecule has 0 saturated carbocycles. The van der Waals surface area contributed by atoms with Gasteiger partial charge in [0.15, 0.2) is 0 Å². The third-order valence-corrected chi connectivity index (χ3v) is 4.47. The Hall–Kier alpha value is -0.140. The molecule has 0 saturated heterocycles. The highest BCUT2D eigenvalue weighted by atomic mass is 79.9. The van der Waals surface area contributed by atoms with Gasteiger partial charge in [-0.1, -0.05) is 27.5 Å². The van der Waals surface area contributed by atoms with Gasteiger partial charge in [-0.2, -0.15) is 0 Å². The summed E-state index contributed by atoms with van der Waals surface area (Å²) in [6.45, 7) is 1.77. The van der Waals surface area contributed by atoms with E-state index in [1.54, 1.807) is 13.0 Å². The van der Waals surface area contributed by atoms with Gasteiger partial charge in [-0.25, -0.2) is 13.1 Å². The van der Waals surface area contributed by atoms with Crippen molar-refractivity contribution in [3.05, 3.63) is 27.7 Å². The van der Waals surface area contributed by atoms with Gasteiger partial charge in [0.25, 0.3) is 0 Å². The van der Waals surface area contributed by atoms with E-state index in [0.29, 0.717) is 10.9 Å². The summed E-state index contributed by atoms with van der Waals surface area (Å²) in [6, 6.07) is 4.61. The second kappa shape index (κ2) is 6.15. The summed E-state index contributed by atoms with van der Waals surface area (Å²) in [5.74, 6) is 0. The van der Waals surface area contributed by atoms with Crippen molar-refractivity contribution in [2.45, 2.75) is 24.3 Å². The molecule has 1 unspecified atom stereocenters. The van der Waals surface area contributed by atoms with Gasteiger partial charge >= 0.3 is 0 Å². The summed E-state index contributed by atoms with van der Waals surface area (Å²) in [6.07, 6.45) is -0.194. The molecular weight excluding hydrogens is 330 g/mol. The minimum absolute atomic E-state index is 0.0270. The number of hydrogen-bond acceptors (Lipinski definition) is 3. The lowest BCUT2D eigenvalue weighted by molar-refractivity contribution is 0.186. The summed E-state index contributed by atoms with van der Waals surface area (Å²) < 4.78 is 26.8. The highest BCUT2D eigenvalue weighted by molar-refractivity contribution is 9.10. The van der Waals surface area contributed by atoms with Crippen LogP contribution in [0.1, 0.15) is 13.3 Å². The van der Waals surface area contributed by atoms with Crippen LogP contribution in [0.25, 0.3) is 0 Å². The van der Waals surface area contributed by atoms with E-state index in [2.05, 4.69) is 20.7 Å². The Bertz CT molecular complexity index is 490. The van der Waals surface area contributed by atoms with Gasteiger partial charge in [0.2, 0.25) is 10.0 Å². The Morgan fingerprint density at radius 3 is 2.76 bits per heavy atom. The van der Waals surface area contributed by atoms with Gasteiger partial charge < -0.3 is 5.11 Å². The van der Waals surface area contributed by atoms with Crippen LogP contribution in [0, 0.1) is 0 Å². The average molecular weight is 343 g/mol. The first kappa shape index (κ1) is 14.9. The number of sulfonamides is 1. The fourth-order valence-corrected chi connectivity index (χ4v) is 3.25. The second-order valence-electron chi connectivity index (χ2n) is 3.61. The second-order valence-corrected chi connectivity index (χ2v) is 6.67. The number of aliphatic hydroxyl groups excluding tert-OH is 1. The molecule has 0 aliphatic heterocycles. The molecule has 1 aromatic carbocycles. The van der Waals surface area contributed by atoms with Crippen LogP contribution in [0.15, 0.2) is 27.6 Å². The van der Waals surface area contributed by atoms with E-state index in [9.17, 15) is 8.42 Å². The number of aliphatic hydroxyl groups is 1. The van der Waals surface area contributed by atoms with Gasteiger partial charge in [0, 0.05) is 11.0 Å². The smallest absolute Gasteiger partial charge is 0.242 e. The fourth-order valence-electron chi connectivity index (χ4n) is 1.16. The minimum atomic E-state index is -3.63. The minimum Gasteiger partial charge on any atom is -0.393 e. The van der Waals surface area contributed by atoms with Gasteiger partial charge in [-0.15, -0.1) is 0 Å². The molecule has 17 heavy (non-hydrogen) atoms. The Morgan fingerprint density at radius 2 is 2.18 bits per heavy atom. The van der Waals surface area contributed by atoms with Gasteiger partial charge in [-0.05, 0) is 31.5 Å². The maximum Gasteiger partial charge on any atom is 0.242 e. The first-order chi connectivity index (χ1) is 7.83. The molecule has 0 spiro atoms. The highest BCUT2D eigenvalue weighted by Gasteiger charge is 2.17. The number of halogens is 2. The van der Waals surface area contributed by atoms with E-state index in [4.69, 9.17) is 16.7 Å². The van der Waals surface area contributed by atoms with Crippen molar-refractivity contribution >= 4 is 37.6 Å². The summed E-state index contributed by atoms with van der Waals surface area (Å²) in [7, 11) is -3.63. The molecule has 0 radical (unpaired) electrons. The highest BCUT2D eigenvalue weighted by Crippen LogP contribution is 2.24. The number of nitrogens with one attached hydrogen (secondary N) is 1. The maximum absolute atomic E-state index is 11.9. The predicted molar refractivity (Wildman–Crippen MR) is 70.6 cm³/mol. The standard InChI is InChI=1S/C10H13BrClNO3S/c1-7(14)4-5-13-17(15,16)10-6-8(11)2-3-9(10)12/h2-3,6-7,13-14H,4-5H2,1H3. The molecule has 1 atom stereocenters. The van der Waals surface area contributed by atoms with Crippen LogP contribution in [-0.2, 0) is 10.0 Å². The zero-order valence-electron chi connectivity index (χ0n) is 9.15. The van der Waals surface area contributed by atoms with Crippen LogP contribution in [0.5, 0.6) is 0 Å². The Morgan fingerprint density at radius 1 is 1.53 bits per heavy atom. The summed E-state index contributed by atoms with van der Waals surface area (Å²) in [5, 5.41) is 9.21. The van der Waals surface area contributed by atoms with Crippen LogP contribution < -0.4 is 4.72 Å². The first-order valence-corrected chi connectivity index (χ1v) is 7.61. The monoisotopic (exact) mass is 341 g/mol. The normalized spacial score (nSPS) is 13.6. The third-order valence-electron chi connectivity index (χ3n) is 2.04. The van der Waals surface area contributed by atoms with E-state index in [0.717, 1.165) is 0 Å². The quantitative estimate of drug-likeness (QED) is 0.861. The van der Waals surface area contributed by atoms with Crippen LogP contribution in [-0.4, -0.2) is 26.2 Å². The summed E-state index contributed by atoms with van der Waals surface area (Å²) in [4.78, 5) is 0.0270. The van der Waals surface area contributed by atoms with Crippen LogP contribution in [0.2, 0.25) is 5.02 Å². The molecule has 0 heterocycles. The molecule has 1 rings (SSSR count). The molecule has 7 heteroatoms. The topological polar surface area (TPSA) is 66.4 Å². The van der Waals surface area contributed by atoms with E-state index in [-0.39, 0.29) is 16.5 Å². The molecule has 0 aliphatic rings. The SMILES string of the molecule is CC(O)CCNS(=O)(=O)c1cc(Br)ccc1Cl. The molecular formula is C10H13BrClNO3S. The van der Waals surface area contributed by atoms with E-state index < -0.39 is 16.1 Å². The van der Waals surface area contributed by atoms with E-state index in [1.165, 1.54) is 12.1 Å². The molecule has 2 N–H and O–H groups in total. The number of benzene rings is 1. The number of rotatable bonds is 5. The van der Waals surface area contributed by atoms with Crippen molar-refractivity contribution in [3.8, 4) is 0 Å². The lowest BCUT2D eigenvalue weighted by Gasteiger charge is -2.09. The van der Waals surface area contributed by atoms with Crippen LogP contribution in [0.4, 0.5) is 0 Å².